The molecule has 1 aromatic carbocycles. The summed E-state index contributed by atoms with van der Waals surface area (Å²) in [6.45, 7) is 5.20. The average Bonchev–Trinajstić information content (AvgIpc) is 2.80. The van der Waals surface area contributed by atoms with Crippen molar-refractivity contribution in [1.82, 2.24) is 4.90 Å². The number of carboxylic acids is 1. The molecule has 0 aromatic heterocycles. The first kappa shape index (κ1) is 14.5. The fraction of sp³-hybridized carbons (Fsp3) is 0.500. The number of carboxylic acid groups (broad SMARTS) is 1. The van der Waals surface area contributed by atoms with Crippen LogP contribution in [0.5, 0.6) is 0 Å². The molecule has 0 saturated carbocycles. The Labute approximate surface area is 117 Å². The fourth-order valence-corrected chi connectivity index (χ4v) is 2.73. The van der Waals surface area contributed by atoms with Crippen LogP contribution in [0.1, 0.15) is 25.5 Å². The highest BCUT2D eigenvalue weighted by atomic mass is 16.6. The Morgan fingerprint density at radius 3 is 2.45 bits per heavy atom. The average molecular weight is 278 g/mol. The number of hydrogen-bond donors (Lipinski definition) is 1. The molecule has 1 aliphatic heterocycles. The van der Waals surface area contributed by atoms with Crippen LogP contribution in [0.2, 0.25) is 0 Å². The minimum absolute atomic E-state index is 0.0580. The highest BCUT2D eigenvalue weighted by Gasteiger charge is 2.36. The van der Waals surface area contributed by atoms with Crippen LogP contribution in [-0.4, -0.2) is 34.0 Å². The lowest BCUT2D eigenvalue weighted by Gasteiger charge is -2.24. The van der Waals surface area contributed by atoms with Crippen LogP contribution in [0.4, 0.5) is 5.69 Å². The number of hydrogen-bond acceptors (Lipinski definition) is 4. The summed E-state index contributed by atoms with van der Waals surface area (Å²) >= 11 is 0. The lowest BCUT2D eigenvalue weighted by atomic mass is 9.99. The summed E-state index contributed by atoms with van der Waals surface area (Å²) in [7, 11) is 0. The number of aliphatic carboxylic acids is 1. The summed E-state index contributed by atoms with van der Waals surface area (Å²) in [6, 6.07) is 6.51. The van der Waals surface area contributed by atoms with Crippen LogP contribution in [0.15, 0.2) is 24.3 Å². The second-order valence-corrected chi connectivity index (χ2v) is 5.40. The molecule has 1 heterocycles. The van der Waals surface area contributed by atoms with Gasteiger partial charge in [0.25, 0.3) is 5.69 Å². The molecule has 6 heteroatoms. The first-order valence-electron chi connectivity index (χ1n) is 6.61. The monoisotopic (exact) mass is 278 g/mol. The molecule has 1 unspecified atom stereocenters. The van der Waals surface area contributed by atoms with Crippen LogP contribution >= 0.6 is 0 Å². The van der Waals surface area contributed by atoms with Gasteiger partial charge >= 0.3 is 5.97 Å². The Hall–Kier alpha value is -1.95. The molecule has 1 saturated heterocycles. The molecule has 2 rings (SSSR count). The van der Waals surface area contributed by atoms with E-state index in [-0.39, 0.29) is 23.6 Å². The molecular formula is C14H18N2O4. The normalized spacial score (nSPS) is 24.5. The quantitative estimate of drug-likeness (QED) is 0.675. The predicted molar refractivity (Wildman–Crippen MR) is 73.4 cm³/mol. The predicted octanol–water partition coefficient (Wildman–Crippen LogP) is 2.31. The van der Waals surface area contributed by atoms with Gasteiger partial charge < -0.3 is 5.11 Å². The van der Waals surface area contributed by atoms with Crippen LogP contribution in [0.3, 0.4) is 0 Å². The zero-order chi connectivity index (χ0) is 14.9. The van der Waals surface area contributed by atoms with Crippen molar-refractivity contribution in [2.75, 3.05) is 13.1 Å². The van der Waals surface area contributed by atoms with Crippen molar-refractivity contribution in [2.24, 2.45) is 11.8 Å². The van der Waals surface area contributed by atoms with Crippen molar-refractivity contribution in [3.05, 3.63) is 39.9 Å². The van der Waals surface area contributed by atoms with Crippen LogP contribution in [-0.2, 0) is 4.79 Å². The highest BCUT2D eigenvalue weighted by Crippen LogP contribution is 2.31. The zero-order valence-corrected chi connectivity index (χ0v) is 11.5. The number of benzene rings is 1. The van der Waals surface area contributed by atoms with E-state index < -0.39 is 10.9 Å². The van der Waals surface area contributed by atoms with Gasteiger partial charge in [-0.2, -0.15) is 0 Å². The SMILES string of the molecule is CC(c1ccc([N+](=O)[O-])cc1)N1C[C@@H](C)[C@H](C(=O)O)C1. The summed E-state index contributed by atoms with van der Waals surface area (Å²) in [5.41, 5.74) is 1.04. The smallest absolute Gasteiger partial charge is 0.308 e. The third kappa shape index (κ3) is 2.80. The van der Waals surface area contributed by atoms with Crippen molar-refractivity contribution in [1.29, 1.82) is 0 Å². The molecule has 1 aromatic rings. The Kier molecular flexibility index (Phi) is 4.04. The van der Waals surface area contributed by atoms with Crippen molar-refractivity contribution in [3.8, 4) is 0 Å². The number of nitro benzene ring substituents is 1. The van der Waals surface area contributed by atoms with Crippen LogP contribution < -0.4 is 0 Å². The minimum Gasteiger partial charge on any atom is -0.481 e. The van der Waals surface area contributed by atoms with Crippen molar-refractivity contribution in [3.63, 3.8) is 0 Å². The van der Waals surface area contributed by atoms with E-state index in [2.05, 4.69) is 4.90 Å². The number of nitro groups is 1. The van der Waals surface area contributed by atoms with Crippen LogP contribution in [0, 0.1) is 22.0 Å². The Morgan fingerprint density at radius 2 is 2.00 bits per heavy atom. The number of non-ortho nitro benzene ring substituents is 1. The molecule has 0 radical (unpaired) electrons. The molecule has 1 fully saturated rings. The largest absolute Gasteiger partial charge is 0.481 e. The molecule has 20 heavy (non-hydrogen) atoms. The Balaban J connectivity index is 2.10. The van der Waals surface area contributed by atoms with Gasteiger partial charge in [-0.05, 0) is 18.4 Å². The van der Waals surface area contributed by atoms with Crippen molar-refractivity contribution >= 4 is 11.7 Å². The molecule has 3 atom stereocenters. The van der Waals surface area contributed by atoms with Gasteiger partial charge in [0.2, 0.25) is 0 Å². The topological polar surface area (TPSA) is 83.7 Å². The molecule has 108 valence electrons. The summed E-state index contributed by atoms with van der Waals surface area (Å²) in [5, 5.41) is 19.8. The van der Waals surface area contributed by atoms with E-state index in [1.807, 2.05) is 13.8 Å². The maximum Gasteiger partial charge on any atom is 0.308 e. The molecule has 0 aliphatic carbocycles. The highest BCUT2D eigenvalue weighted by molar-refractivity contribution is 5.71. The van der Waals surface area contributed by atoms with Gasteiger partial charge in [-0.15, -0.1) is 0 Å². The molecule has 6 nitrogen and oxygen atoms in total. The molecule has 1 N–H and O–H groups in total. The summed E-state index contributed by atoms with van der Waals surface area (Å²) in [5.74, 6) is -0.973. The second kappa shape index (κ2) is 5.58. The fourth-order valence-electron chi connectivity index (χ4n) is 2.73. The zero-order valence-electron chi connectivity index (χ0n) is 11.5. The van der Waals surface area contributed by atoms with E-state index in [9.17, 15) is 14.9 Å². The lowest BCUT2D eigenvalue weighted by molar-refractivity contribution is -0.384. The standard InChI is InChI=1S/C14H18N2O4/c1-9-7-15(8-13(9)14(17)18)10(2)11-3-5-12(6-4-11)16(19)20/h3-6,9-10,13H,7-8H2,1-2H3,(H,17,18)/t9-,10?,13-/m1/s1. The van der Waals surface area contributed by atoms with E-state index in [1.54, 1.807) is 12.1 Å². The maximum absolute atomic E-state index is 11.1. The van der Waals surface area contributed by atoms with E-state index in [0.717, 1.165) is 12.1 Å². The van der Waals surface area contributed by atoms with Crippen LogP contribution in [0.25, 0.3) is 0 Å². The Bertz CT molecular complexity index is 514. The van der Waals surface area contributed by atoms with Gasteiger partial charge in [0.1, 0.15) is 0 Å². The van der Waals surface area contributed by atoms with E-state index in [1.165, 1.54) is 12.1 Å². The third-order valence-electron chi connectivity index (χ3n) is 4.09. The van der Waals surface area contributed by atoms with Gasteiger partial charge in [-0.1, -0.05) is 19.1 Å². The van der Waals surface area contributed by atoms with Gasteiger partial charge in [-0.3, -0.25) is 19.8 Å². The third-order valence-corrected chi connectivity index (χ3v) is 4.09. The van der Waals surface area contributed by atoms with Gasteiger partial charge in [0, 0.05) is 31.3 Å². The molecule has 0 bridgehead atoms. The lowest BCUT2D eigenvalue weighted by Crippen LogP contribution is -2.26. The number of carbonyl (C=O) groups is 1. The maximum atomic E-state index is 11.1. The number of rotatable bonds is 4. The molecular weight excluding hydrogens is 260 g/mol. The molecule has 0 spiro atoms. The second-order valence-electron chi connectivity index (χ2n) is 5.40. The van der Waals surface area contributed by atoms with E-state index in [4.69, 9.17) is 5.11 Å². The van der Waals surface area contributed by atoms with E-state index >= 15 is 0 Å². The van der Waals surface area contributed by atoms with Crippen molar-refractivity contribution < 1.29 is 14.8 Å². The first-order chi connectivity index (χ1) is 9.40. The minimum atomic E-state index is -0.754. The molecule has 0 amide bonds. The van der Waals surface area contributed by atoms with Gasteiger partial charge in [0.15, 0.2) is 0 Å². The van der Waals surface area contributed by atoms with E-state index in [0.29, 0.717) is 6.54 Å². The number of nitrogens with zero attached hydrogens (tertiary/aromatic N) is 2. The summed E-state index contributed by atoms with van der Waals surface area (Å²) in [6.07, 6.45) is 0. The summed E-state index contributed by atoms with van der Waals surface area (Å²) < 4.78 is 0. The summed E-state index contributed by atoms with van der Waals surface area (Å²) in [4.78, 5) is 23.5. The molecule has 1 aliphatic rings. The number of likely N-dealkylation sites (tertiary alicyclic amines) is 1. The first-order valence-corrected chi connectivity index (χ1v) is 6.61. The Morgan fingerprint density at radius 1 is 1.40 bits per heavy atom. The van der Waals surface area contributed by atoms with Gasteiger partial charge in [-0.25, -0.2) is 0 Å². The van der Waals surface area contributed by atoms with Crippen molar-refractivity contribution in [2.45, 2.75) is 19.9 Å². The van der Waals surface area contributed by atoms with Gasteiger partial charge in [0.05, 0.1) is 10.8 Å².